The molecule has 7 nitrogen and oxygen atoms in total. The number of rotatable bonds is 7. The molecule has 0 aliphatic heterocycles. The van der Waals surface area contributed by atoms with Crippen LogP contribution in [0.3, 0.4) is 0 Å². The molecule has 120 valence electrons. The van der Waals surface area contributed by atoms with Crippen molar-refractivity contribution in [1.29, 1.82) is 0 Å². The molecule has 22 heavy (non-hydrogen) atoms. The van der Waals surface area contributed by atoms with Gasteiger partial charge in [-0.15, -0.1) is 11.8 Å². The van der Waals surface area contributed by atoms with Crippen LogP contribution in [0.2, 0.25) is 0 Å². The summed E-state index contributed by atoms with van der Waals surface area (Å²) >= 11 is 1.31. The van der Waals surface area contributed by atoms with Gasteiger partial charge >= 0.3 is 5.97 Å². The minimum Gasteiger partial charge on any atom is -0.452 e. The fraction of sp³-hybridized carbons (Fsp3) is 0.429. The van der Waals surface area contributed by atoms with Gasteiger partial charge in [0.1, 0.15) is 5.03 Å². The second-order valence-corrected chi connectivity index (χ2v) is 5.43. The topological polar surface area (TPSA) is 97.4 Å². The van der Waals surface area contributed by atoms with Gasteiger partial charge in [-0.25, -0.2) is 9.78 Å². The van der Waals surface area contributed by atoms with E-state index < -0.39 is 18.5 Å². The van der Waals surface area contributed by atoms with Crippen LogP contribution in [-0.2, 0) is 14.3 Å². The van der Waals surface area contributed by atoms with Crippen LogP contribution in [0, 0.1) is 0 Å². The van der Waals surface area contributed by atoms with Crippen LogP contribution in [0.25, 0.3) is 0 Å². The summed E-state index contributed by atoms with van der Waals surface area (Å²) in [5.74, 6) is -1.47. The second-order valence-electron chi connectivity index (χ2n) is 4.64. The van der Waals surface area contributed by atoms with Gasteiger partial charge in [-0.1, -0.05) is 0 Å². The number of aromatic nitrogens is 1. The Balaban J connectivity index is 2.41. The number of thioether (sulfide) groups is 1. The van der Waals surface area contributed by atoms with E-state index >= 15 is 0 Å². The van der Waals surface area contributed by atoms with E-state index in [0.717, 1.165) is 0 Å². The normalized spacial score (nSPS) is 10.2. The van der Waals surface area contributed by atoms with E-state index in [2.05, 4.69) is 15.6 Å². The van der Waals surface area contributed by atoms with E-state index in [-0.39, 0.29) is 18.5 Å². The second kappa shape index (κ2) is 9.04. The number of carbonyl (C=O) groups is 3. The van der Waals surface area contributed by atoms with Crippen LogP contribution in [0.15, 0.2) is 23.4 Å². The molecule has 2 amide bonds. The standard InChI is InChI=1S/C14H19N3O4S/c1-9(2)17-11(18)7-16-12(19)8-21-14(20)10-5-4-6-15-13(10)22-3/h4-6,9H,7-8H2,1-3H3,(H,16,19)(H,17,18). The molecule has 0 bridgehead atoms. The summed E-state index contributed by atoms with van der Waals surface area (Å²) in [7, 11) is 0. The molecule has 0 unspecified atom stereocenters. The van der Waals surface area contributed by atoms with Crippen LogP contribution >= 0.6 is 11.8 Å². The van der Waals surface area contributed by atoms with Crippen molar-refractivity contribution in [3.63, 3.8) is 0 Å². The molecule has 0 spiro atoms. The highest BCUT2D eigenvalue weighted by atomic mass is 32.2. The molecular weight excluding hydrogens is 306 g/mol. The van der Waals surface area contributed by atoms with Gasteiger partial charge in [-0.3, -0.25) is 9.59 Å². The first-order valence-electron chi connectivity index (χ1n) is 6.66. The summed E-state index contributed by atoms with van der Waals surface area (Å²) < 4.78 is 4.91. The van der Waals surface area contributed by atoms with E-state index in [1.807, 2.05) is 13.8 Å². The summed E-state index contributed by atoms with van der Waals surface area (Å²) in [5.41, 5.74) is 0.306. The first-order chi connectivity index (χ1) is 10.4. The van der Waals surface area contributed by atoms with Crippen molar-refractivity contribution in [2.75, 3.05) is 19.4 Å². The van der Waals surface area contributed by atoms with Gasteiger partial charge in [-0.05, 0) is 32.2 Å². The lowest BCUT2D eigenvalue weighted by molar-refractivity contribution is -0.128. The Morgan fingerprint density at radius 1 is 1.32 bits per heavy atom. The Morgan fingerprint density at radius 2 is 2.05 bits per heavy atom. The molecule has 2 N–H and O–H groups in total. The highest BCUT2D eigenvalue weighted by Crippen LogP contribution is 2.17. The Labute approximate surface area is 133 Å². The number of pyridine rings is 1. The number of esters is 1. The molecule has 1 rings (SSSR count). The first kappa shape index (κ1) is 18.0. The molecule has 0 radical (unpaired) electrons. The molecule has 1 aromatic rings. The largest absolute Gasteiger partial charge is 0.452 e. The Kier molecular flexibility index (Phi) is 7.38. The SMILES string of the molecule is CSc1ncccc1C(=O)OCC(=O)NCC(=O)NC(C)C. The van der Waals surface area contributed by atoms with Crippen LogP contribution < -0.4 is 10.6 Å². The quantitative estimate of drug-likeness (QED) is 0.563. The average molecular weight is 325 g/mol. The first-order valence-corrected chi connectivity index (χ1v) is 7.88. The van der Waals surface area contributed by atoms with E-state index in [1.54, 1.807) is 24.6 Å². The summed E-state index contributed by atoms with van der Waals surface area (Å²) in [6.07, 6.45) is 3.36. The van der Waals surface area contributed by atoms with Crippen molar-refractivity contribution in [1.82, 2.24) is 15.6 Å². The zero-order valence-electron chi connectivity index (χ0n) is 12.7. The maximum Gasteiger partial charge on any atom is 0.341 e. The number of hydrogen-bond acceptors (Lipinski definition) is 6. The van der Waals surface area contributed by atoms with E-state index in [0.29, 0.717) is 10.6 Å². The molecule has 0 atom stereocenters. The summed E-state index contributed by atoms with van der Waals surface area (Å²) in [6.45, 7) is 3.03. The van der Waals surface area contributed by atoms with Crippen LogP contribution in [-0.4, -0.2) is 48.2 Å². The summed E-state index contributed by atoms with van der Waals surface area (Å²) in [5, 5.41) is 5.54. The third-order valence-corrected chi connectivity index (χ3v) is 3.13. The highest BCUT2D eigenvalue weighted by molar-refractivity contribution is 7.98. The molecule has 1 aromatic heterocycles. The predicted molar refractivity (Wildman–Crippen MR) is 82.6 cm³/mol. The smallest absolute Gasteiger partial charge is 0.341 e. The molecule has 8 heteroatoms. The molecule has 0 saturated heterocycles. The zero-order chi connectivity index (χ0) is 16.5. The van der Waals surface area contributed by atoms with Gasteiger partial charge in [0.2, 0.25) is 5.91 Å². The maximum atomic E-state index is 11.9. The molecular formula is C14H19N3O4S. The van der Waals surface area contributed by atoms with Crippen LogP contribution in [0.4, 0.5) is 0 Å². The van der Waals surface area contributed by atoms with Crippen molar-refractivity contribution in [3.05, 3.63) is 23.9 Å². The lowest BCUT2D eigenvalue weighted by Crippen LogP contribution is -2.41. The van der Waals surface area contributed by atoms with Crippen molar-refractivity contribution in [2.24, 2.45) is 0 Å². The minimum absolute atomic E-state index is 0.00206. The predicted octanol–water partition coefficient (Wildman–Crippen LogP) is 0.601. The Hall–Kier alpha value is -2.09. The number of hydrogen-bond donors (Lipinski definition) is 2. The lowest BCUT2D eigenvalue weighted by atomic mass is 10.3. The fourth-order valence-electron chi connectivity index (χ4n) is 1.52. The van der Waals surface area contributed by atoms with Gasteiger partial charge in [0.25, 0.3) is 5.91 Å². The van der Waals surface area contributed by atoms with Gasteiger partial charge in [0.15, 0.2) is 6.61 Å². The monoisotopic (exact) mass is 325 g/mol. The third-order valence-electron chi connectivity index (χ3n) is 2.41. The minimum atomic E-state index is -0.626. The lowest BCUT2D eigenvalue weighted by Gasteiger charge is -2.10. The van der Waals surface area contributed by atoms with Gasteiger partial charge < -0.3 is 15.4 Å². The van der Waals surface area contributed by atoms with Crippen LogP contribution in [0.1, 0.15) is 24.2 Å². The molecule has 1 heterocycles. The number of ether oxygens (including phenoxy) is 1. The van der Waals surface area contributed by atoms with Crippen molar-refractivity contribution < 1.29 is 19.1 Å². The Bertz CT molecular complexity index is 549. The molecule has 0 aromatic carbocycles. The average Bonchev–Trinajstić information content (AvgIpc) is 2.49. The molecule has 0 aliphatic rings. The molecule has 0 fully saturated rings. The van der Waals surface area contributed by atoms with Gasteiger partial charge in [0, 0.05) is 12.2 Å². The van der Waals surface area contributed by atoms with E-state index in [1.165, 1.54) is 11.8 Å². The van der Waals surface area contributed by atoms with Crippen molar-refractivity contribution in [2.45, 2.75) is 24.9 Å². The summed E-state index contributed by atoms with van der Waals surface area (Å²) in [4.78, 5) is 38.8. The van der Waals surface area contributed by atoms with Gasteiger partial charge in [0.05, 0.1) is 12.1 Å². The van der Waals surface area contributed by atoms with E-state index in [4.69, 9.17) is 4.74 Å². The Morgan fingerprint density at radius 3 is 2.68 bits per heavy atom. The summed E-state index contributed by atoms with van der Waals surface area (Å²) in [6, 6.07) is 3.19. The molecule has 0 aliphatic carbocycles. The zero-order valence-corrected chi connectivity index (χ0v) is 13.5. The molecule has 0 saturated carbocycles. The number of amides is 2. The maximum absolute atomic E-state index is 11.9. The van der Waals surface area contributed by atoms with Crippen molar-refractivity contribution >= 4 is 29.5 Å². The number of nitrogens with one attached hydrogen (secondary N) is 2. The highest BCUT2D eigenvalue weighted by Gasteiger charge is 2.15. The van der Waals surface area contributed by atoms with Crippen molar-refractivity contribution in [3.8, 4) is 0 Å². The fourth-order valence-corrected chi connectivity index (χ4v) is 2.06. The van der Waals surface area contributed by atoms with Crippen LogP contribution in [0.5, 0.6) is 0 Å². The van der Waals surface area contributed by atoms with Gasteiger partial charge in [-0.2, -0.15) is 0 Å². The number of nitrogens with zero attached hydrogens (tertiary/aromatic N) is 1. The number of carbonyl (C=O) groups excluding carboxylic acids is 3. The third kappa shape index (κ3) is 6.13. The van der Waals surface area contributed by atoms with E-state index in [9.17, 15) is 14.4 Å².